The van der Waals surface area contributed by atoms with Crippen molar-refractivity contribution in [2.45, 2.75) is 25.4 Å². The van der Waals surface area contributed by atoms with Crippen molar-refractivity contribution < 1.29 is 4.79 Å². The van der Waals surface area contributed by atoms with E-state index >= 15 is 0 Å². The zero-order valence-corrected chi connectivity index (χ0v) is 13.9. The van der Waals surface area contributed by atoms with Gasteiger partial charge in [-0.3, -0.25) is 9.78 Å². The molecule has 0 aromatic carbocycles. The van der Waals surface area contributed by atoms with E-state index < -0.39 is 0 Å². The summed E-state index contributed by atoms with van der Waals surface area (Å²) < 4.78 is 1.94. The Morgan fingerprint density at radius 2 is 1.88 bits per heavy atom. The molecule has 3 aromatic rings. The van der Waals surface area contributed by atoms with Crippen molar-refractivity contribution in [1.29, 1.82) is 0 Å². The summed E-state index contributed by atoms with van der Waals surface area (Å²) in [5.74, 6) is 1.40. The summed E-state index contributed by atoms with van der Waals surface area (Å²) in [6, 6.07) is 3.96. The number of hydrogen-bond acceptors (Lipinski definition) is 5. The predicted octanol–water partition coefficient (Wildman–Crippen LogP) is 2.08. The second kappa shape index (κ2) is 6.43. The summed E-state index contributed by atoms with van der Waals surface area (Å²) in [6.07, 6.45) is 12.3. The molecule has 0 unspecified atom stereocenters. The third-order valence-electron chi connectivity index (χ3n) is 4.32. The van der Waals surface area contributed by atoms with Crippen LogP contribution >= 0.6 is 0 Å². The molecular weight excluding hydrogens is 316 g/mol. The average Bonchev–Trinajstić information content (AvgIpc) is 3.42. The molecule has 0 radical (unpaired) electrons. The van der Waals surface area contributed by atoms with Crippen LogP contribution in [-0.4, -0.2) is 41.4 Å². The van der Waals surface area contributed by atoms with Crippen LogP contribution in [0.1, 0.15) is 29.0 Å². The largest absolute Gasteiger partial charge is 0.337 e. The fourth-order valence-electron chi connectivity index (χ4n) is 2.71. The van der Waals surface area contributed by atoms with Gasteiger partial charge in [0, 0.05) is 55.8 Å². The van der Waals surface area contributed by atoms with E-state index in [2.05, 4.69) is 19.9 Å². The number of nitrogens with zero attached hydrogens (tertiary/aromatic N) is 6. The standard InChI is InChI=1S/C18H18N6O/c1-23-9-8-20-16(23)12-24(15-2-3-15)18(25)14-10-21-17(22-11-14)13-4-6-19-7-5-13/h4-11,15H,2-3,12H2,1H3. The highest BCUT2D eigenvalue weighted by Gasteiger charge is 2.34. The Labute approximate surface area is 145 Å². The van der Waals surface area contributed by atoms with Crippen molar-refractivity contribution in [2.75, 3.05) is 0 Å². The molecule has 0 atom stereocenters. The van der Waals surface area contributed by atoms with Gasteiger partial charge in [-0.15, -0.1) is 0 Å². The third kappa shape index (κ3) is 3.26. The van der Waals surface area contributed by atoms with Crippen LogP contribution in [0.25, 0.3) is 11.4 Å². The SMILES string of the molecule is Cn1ccnc1CN(C(=O)c1cnc(-c2ccncc2)nc1)C1CC1. The van der Waals surface area contributed by atoms with Crippen LogP contribution in [0.4, 0.5) is 0 Å². The van der Waals surface area contributed by atoms with Crippen LogP contribution in [-0.2, 0) is 13.6 Å². The molecule has 0 N–H and O–H groups in total. The van der Waals surface area contributed by atoms with Gasteiger partial charge in [-0.2, -0.15) is 0 Å². The quantitative estimate of drug-likeness (QED) is 0.714. The van der Waals surface area contributed by atoms with Crippen molar-refractivity contribution in [3.8, 4) is 11.4 Å². The molecule has 1 aliphatic carbocycles. The molecule has 0 aliphatic heterocycles. The number of aryl methyl sites for hydroxylation is 1. The number of hydrogen-bond donors (Lipinski definition) is 0. The molecule has 126 valence electrons. The molecule has 0 spiro atoms. The maximum Gasteiger partial charge on any atom is 0.257 e. The van der Waals surface area contributed by atoms with Gasteiger partial charge in [0.25, 0.3) is 5.91 Å². The first-order valence-electron chi connectivity index (χ1n) is 8.22. The molecule has 1 aliphatic rings. The molecule has 7 nitrogen and oxygen atoms in total. The molecule has 0 saturated heterocycles. The fraction of sp³-hybridized carbons (Fsp3) is 0.278. The summed E-state index contributed by atoms with van der Waals surface area (Å²) in [4.78, 5) is 31.8. The van der Waals surface area contributed by atoms with Crippen molar-refractivity contribution in [1.82, 2.24) is 29.4 Å². The number of pyridine rings is 1. The maximum absolute atomic E-state index is 12.9. The molecule has 3 aromatic heterocycles. The maximum atomic E-state index is 12.9. The average molecular weight is 334 g/mol. The number of carbonyl (C=O) groups excluding carboxylic acids is 1. The topological polar surface area (TPSA) is 76.8 Å². The van der Waals surface area contributed by atoms with Gasteiger partial charge in [0.15, 0.2) is 5.82 Å². The van der Waals surface area contributed by atoms with Gasteiger partial charge >= 0.3 is 0 Å². The normalized spacial score (nSPS) is 13.6. The lowest BCUT2D eigenvalue weighted by molar-refractivity contribution is 0.0723. The zero-order valence-electron chi connectivity index (χ0n) is 13.9. The molecule has 1 amide bonds. The number of carbonyl (C=O) groups is 1. The number of amides is 1. The van der Waals surface area contributed by atoms with E-state index in [1.54, 1.807) is 31.0 Å². The lowest BCUT2D eigenvalue weighted by atomic mass is 10.2. The highest BCUT2D eigenvalue weighted by atomic mass is 16.2. The van der Waals surface area contributed by atoms with Crippen molar-refractivity contribution in [3.05, 3.63) is 60.7 Å². The smallest absolute Gasteiger partial charge is 0.257 e. The van der Waals surface area contributed by atoms with E-state index in [1.165, 1.54) is 0 Å². The molecule has 25 heavy (non-hydrogen) atoms. The molecule has 1 fully saturated rings. The second-order valence-electron chi connectivity index (χ2n) is 6.15. The molecule has 7 heteroatoms. The van der Waals surface area contributed by atoms with Crippen LogP contribution in [0.2, 0.25) is 0 Å². The van der Waals surface area contributed by atoms with Crippen LogP contribution < -0.4 is 0 Å². The second-order valence-corrected chi connectivity index (χ2v) is 6.15. The van der Waals surface area contributed by atoms with Gasteiger partial charge in [-0.1, -0.05) is 0 Å². The Kier molecular flexibility index (Phi) is 3.97. The van der Waals surface area contributed by atoms with Gasteiger partial charge in [0.05, 0.1) is 12.1 Å². The molecule has 1 saturated carbocycles. The Morgan fingerprint density at radius 1 is 1.16 bits per heavy atom. The van der Waals surface area contributed by atoms with E-state index in [4.69, 9.17) is 0 Å². The first-order chi connectivity index (χ1) is 12.2. The molecular formula is C18H18N6O. The van der Waals surface area contributed by atoms with Crippen molar-refractivity contribution >= 4 is 5.91 Å². The Morgan fingerprint density at radius 3 is 2.48 bits per heavy atom. The predicted molar refractivity (Wildman–Crippen MR) is 91.4 cm³/mol. The van der Waals surface area contributed by atoms with Gasteiger partial charge in [-0.05, 0) is 25.0 Å². The van der Waals surface area contributed by atoms with Crippen molar-refractivity contribution in [2.24, 2.45) is 7.05 Å². The van der Waals surface area contributed by atoms with Crippen LogP contribution in [0.5, 0.6) is 0 Å². The van der Waals surface area contributed by atoms with E-state index in [-0.39, 0.29) is 11.9 Å². The van der Waals surface area contributed by atoms with E-state index in [0.717, 1.165) is 24.2 Å². The first kappa shape index (κ1) is 15.4. The van der Waals surface area contributed by atoms with E-state index in [1.807, 2.05) is 34.8 Å². The number of imidazole rings is 1. The Bertz CT molecular complexity index is 870. The summed E-state index contributed by atoms with van der Waals surface area (Å²) in [5.41, 5.74) is 1.37. The first-order valence-corrected chi connectivity index (χ1v) is 8.22. The lowest BCUT2D eigenvalue weighted by Crippen LogP contribution is -2.33. The van der Waals surface area contributed by atoms with Gasteiger partial charge in [-0.25, -0.2) is 15.0 Å². The minimum atomic E-state index is -0.0493. The lowest BCUT2D eigenvalue weighted by Gasteiger charge is -2.22. The van der Waals surface area contributed by atoms with E-state index in [0.29, 0.717) is 17.9 Å². The van der Waals surface area contributed by atoms with E-state index in [9.17, 15) is 4.79 Å². The summed E-state index contributed by atoms with van der Waals surface area (Å²) in [7, 11) is 1.94. The van der Waals surface area contributed by atoms with Crippen LogP contribution in [0, 0.1) is 0 Å². The highest BCUT2D eigenvalue weighted by Crippen LogP contribution is 2.29. The zero-order chi connectivity index (χ0) is 17.2. The number of aromatic nitrogens is 5. The molecule has 0 bridgehead atoms. The van der Waals surface area contributed by atoms with Crippen molar-refractivity contribution in [3.63, 3.8) is 0 Å². The molecule has 3 heterocycles. The van der Waals surface area contributed by atoms with Crippen LogP contribution in [0.3, 0.4) is 0 Å². The van der Waals surface area contributed by atoms with Gasteiger partial charge in [0.1, 0.15) is 5.82 Å². The third-order valence-corrected chi connectivity index (χ3v) is 4.32. The monoisotopic (exact) mass is 334 g/mol. The minimum absolute atomic E-state index is 0.0493. The highest BCUT2D eigenvalue weighted by molar-refractivity contribution is 5.94. The Hall–Kier alpha value is -3.09. The number of rotatable bonds is 5. The van der Waals surface area contributed by atoms with Gasteiger partial charge < -0.3 is 9.47 Å². The summed E-state index contributed by atoms with van der Waals surface area (Å²) in [5, 5.41) is 0. The summed E-state index contributed by atoms with van der Waals surface area (Å²) >= 11 is 0. The molecule has 4 rings (SSSR count). The van der Waals surface area contributed by atoms with Gasteiger partial charge in [0.2, 0.25) is 0 Å². The fourth-order valence-corrected chi connectivity index (χ4v) is 2.71. The van der Waals surface area contributed by atoms with Crippen LogP contribution in [0.15, 0.2) is 49.3 Å². The minimum Gasteiger partial charge on any atom is -0.337 e. The summed E-state index contributed by atoms with van der Waals surface area (Å²) in [6.45, 7) is 0.499. The Balaban J connectivity index is 1.55.